The molecule has 1 N–H and O–H groups in total. The molecular formula is C21H20ClN5O3. The molecule has 0 radical (unpaired) electrons. The molecule has 154 valence electrons. The highest BCUT2D eigenvalue weighted by Crippen LogP contribution is 2.26. The average Bonchev–Trinajstić information content (AvgIpc) is 3.16. The van der Waals surface area contributed by atoms with Crippen LogP contribution in [0.5, 0.6) is 0 Å². The summed E-state index contributed by atoms with van der Waals surface area (Å²) in [7, 11) is 0. The van der Waals surface area contributed by atoms with Crippen molar-refractivity contribution in [3.8, 4) is 11.3 Å². The van der Waals surface area contributed by atoms with E-state index in [-0.39, 0.29) is 6.61 Å². The first-order valence-electron chi connectivity index (χ1n) is 9.77. The molecule has 1 aromatic carbocycles. The van der Waals surface area contributed by atoms with Crippen LogP contribution in [0.4, 0.5) is 5.69 Å². The maximum atomic E-state index is 12.7. The summed E-state index contributed by atoms with van der Waals surface area (Å²) >= 11 is 5.98. The molecule has 9 heteroatoms. The number of fused-ring (bicyclic) bond motifs is 2. The molecule has 4 heterocycles. The van der Waals surface area contributed by atoms with Gasteiger partial charge in [-0.25, -0.2) is 14.8 Å². The van der Waals surface area contributed by atoms with Crippen molar-refractivity contribution in [3.05, 3.63) is 58.3 Å². The molecule has 1 fully saturated rings. The van der Waals surface area contributed by atoms with E-state index in [1.165, 1.54) is 6.20 Å². The Hall–Kier alpha value is -2.94. The van der Waals surface area contributed by atoms with Crippen LogP contribution in [0, 0.1) is 0 Å². The van der Waals surface area contributed by atoms with E-state index in [2.05, 4.69) is 19.8 Å². The van der Waals surface area contributed by atoms with Crippen molar-refractivity contribution in [1.29, 1.82) is 0 Å². The van der Waals surface area contributed by atoms with Crippen LogP contribution in [0.3, 0.4) is 0 Å². The van der Waals surface area contributed by atoms with Crippen LogP contribution < -0.4 is 10.5 Å². The summed E-state index contributed by atoms with van der Waals surface area (Å²) < 4.78 is 7.32. The minimum absolute atomic E-state index is 0.179. The third kappa shape index (κ3) is 3.54. The van der Waals surface area contributed by atoms with E-state index < -0.39 is 5.63 Å². The normalized spacial score (nSPS) is 15.3. The van der Waals surface area contributed by atoms with Crippen molar-refractivity contribution in [2.24, 2.45) is 0 Å². The summed E-state index contributed by atoms with van der Waals surface area (Å²) in [5.74, 6) is 0.463. The molecule has 4 aromatic rings. The number of imidazole rings is 1. The number of rotatable bonds is 4. The monoisotopic (exact) mass is 425 g/mol. The molecule has 0 unspecified atom stereocenters. The summed E-state index contributed by atoms with van der Waals surface area (Å²) in [5.41, 5.74) is 2.00. The van der Waals surface area contributed by atoms with Crippen LogP contribution in [0.15, 0.2) is 52.1 Å². The molecule has 0 aliphatic carbocycles. The lowest BCUT2D eigenvalue weighted by atomic mass is 10.1. The number of nitrogens with zero attached hydrogens (tertiary/aromatic N) is 5. The second-order valence-corrected chi connectivity index (χ2v) is 7.76. The molecule has 0 spiro atoms. The molecule has 30 heavy (non-hydrogen) atoms. The average molecular weight is 426 g/mol. The van der Waals surface area contributed by atoms with Crippen LogP contribution >= 0.6 is 11.6 Å². The van der Waals surface area contributed by atoms with Crippen molar-refractivity contribution in [3.63, 3.8) is 0 Å². The van der Waals surface area contributed by atoms with Crippen molar-refractivity contribution >= 4 is 34.0 Å². The van der Waals surface area contributed by atoms with Gasteiger partial charge in [0.15, 0.2) is 0 Å². The van der Waals surface area contributed by atoms with Crippen LogP contribution in [-0.4, -0.2) is 63.7 Å². The van der Waals surface area contributed by atoms with Crippen molar-refractivity contribution in [2.45, 2.75) is 0 Å². The third-order valence-electron chi connectivity index (χ3n) is 5.43. The fourth-order valence-electron chi connectivity index (χ4n) is 3.84. The SMILES string of the molecule is O=c1oc2cc(N3CCN(CCO)CC3)ccc2cc1-c1cn2cc(Cl)cnc2n1. The van der Waals surface area contributed by atoms with Crippen LogP contribution in [0.2, 0.25) is 5.02 Å². The standard InChI is InChI=1S/C21H20ClN5O3/c22-15-11-23-21-24-18(13-27(21)12-15)17-9-14-1-2-16(10-19(14)30-20(17)29)26-5-3-25(4-6-26)7-8-28/h1-2,9-13,28H,3-8H2. The minimum atomic E-state index is -0.443. The number of hydrogen-bond acceptors (Lipinski definition) is 7. The summed E-state index contributed by atoms with van der Waals surface area (Å²) in [6.07, 6.45) is 4.92. The Morgan fingerprint density at radius 2 is 1.97 bits per heavy atom. The fourth-order valence-corrected chi connectivity index (χ4v) is 3.99. The third-order valence-corrected chi connectivity index (χ3v) is 5.62. The molecule has 0 saturated carbocycles. The molecule has 1 aliphatic heterocycles. The van der Waals surface area contributed by atoms with Crippen LogP contribution in [0.1, 0.15) is 0 Å². The lowest BCUT2D eigenvalue weighted by Gasteiger charge is -2.35. The number of benzene rings is 1. The van der Waals surface area contributed by atoms with Gasteiger partial charge in [0.1, 0.15) is 5.58 Å². The molecular weight excluding hydrogens is 406 g/mol. The van der Waals surface area contributed by atoms with E-state index in [0.29, 0.717) is 34.2 Å². The zero-order valence-corrected chi connectivity index (χ0v) is 16.9. The molecule has 1 saturated heterocycles. The highest BCUT2D eigenvalue weighted by Gasteiger charge is 2.18. The predicted molar refractivity (Wildman–Crippen MR) is 115 cm³/mol. The summed E-state index contributed by atoms with van der Waals surface area (Å²) in [6, 6.07) is 7.71. The Bertz CT molecular complexity index is 1280. The lowest BCUT2D eigenvalue weighted by Crippen LogP contribution is -2.47. The van der Waals surface area contributed by atoms with Crippen molar-refractivity contribution in [2.75, 3.05) is 44.2 Å². The second-order valence-electron chi connectivity index (χ2n) is 7.33. The van der Waals surface area contributed by atoms with Gasteiger partial charge in [-0.2, -0.15) is 0 Å². The predicted octanol–water partition coefficient (Wildman–Crippen LogP) is 2.27. The fraction of sp³-hybridized carbons (Fsp3) is 0.286. The van der Waals surface area contributed by atoms with E-state index in [0.717, 1.165) is 37.3 Å². The van der Waals surface area contributed by atoms with Crippen molar-refractivity contribution < 1.29 is 9.52 Å². The number of piperazine rings is 1. The number of halogens is 1. The van der Waals surface area contributed by atoms with Gasteiger partial charge in [-0.05, 0) is 18.2 Å². The molecule has 8 nitrogen and oxygen atoms in total. The number of anilines is 1. The number of aliphatic hydroxyl groups excluding tert-OH is 1. The van der Waals surface area contributed by atoms with Crippen molar-refractivity contribution in [1.82, 2.24) is 19.3 Å². The highest BCUT2D eigenvalue weighted by molar-refractivity contribution is 6.30. The van der Waals surface area contributed by atoms with E-state index in [4.69, 9.17) is 21.1 Å². The Labute approximate surface area is 176 Å². The summed E-state index contributed by atoms with van der Waals surface area (Å²) in [6.45, 7) is 4.41. The number of aromatic nitrogens is 3. The van der Waals surface area contributed by atoms with Crippen LogP contribution in [-0.2, 0) is 0 Å². The maximum Gasteiger partial charge on any atom is 0.345 e. The topological polar surface area (TPSA) is 87.1 Å². The Kier molecular flexibility index (Phi) is 4.90. The van der Waals surface area contributed by atoms with E-state index in [1.807, 2.05) is 18.2 Å². The maximum absolute atomic E-state index is 12.7. The van der Waals surface area contributed by atoms with Gasteiger partial charge in [-0.15, -0.1) is 0 Å². The highest BCUT2D eigenvalue weighted by atomic mass is 35.5. The minimum Gasteiger partial charge on any atom is -0.422 e. The Morgan fingerprint density at radius 3 is 2.77 bits per heavy atom. The smallest absolute Gasteiger partial charge is 0.345 e. The molecule has 3 aromatic heterocycles. The van der Waals surface area contributed by atoms with Gasteiger partial charge >= 0.3 is 5.63 Å². The van der Waals surface area contributed by atoms with E-state index in [1.54, 1.807) is 22.9 Å². The van der Waals surface area contributed by atoms with Gasteiger partial charge in [-0.3, -0.25) is 9.30 Å². The van der Waals surface area contributed by atoms with Gasteiger partial charge in [-0.1, -0.05) is 11.6 Å². The summed E-state index contributed by atoms with van der Waals surface area (Å²) in [4.78, 5) is 25.7. The Balaban J connectivity index is 1.46. The largest absolute Gasteiger partial charge is 0.422 e. The number of hydrogen-bond donors (Lipinski definition) is 1. The molecule has 0 bridgehead atoms. The molecule has 0 atom stereocenters. The zero-order chi connectivity index (χ0) is 20.7. The van der Waals surface area contributed by atoms with Gasteiger partial charge < -0.3 is 14.4 Å². The zero-order valence-electron chi connectivity index (χ0n) is 16.2. The molecule has 1 aliphatic rings. The van der Waals surface area contributed by atoms with Crippen LogP contribution in [0.25, 0.3) is 28.0 Å². The first-order chi connectivity index (χ1) is 14.6. The Morgan fingerprint density at radius 1 is 1.13 bits per heavy atom. The first kappa shape index (κ1) is 19.0. The molecule has 5 rings (SSSR count). The molecule has 0 amide bonds. The van der Waals surface area contributed by atoms with E-state index >= 15 is 0 Å². The number of aliphatic hydroxyl groups is 1. The van der Waals surface area contributed by atoms with Gasteiger partial charge in [0.25, 0.3) is 0 Å². The summed E-state index contributed by atoms with van der Waals surface area (Å²) in [5, 5.41) is 10.4. The van der Waals surface area contributed by atoms with E-state index in [9.17, 15) is 4.79 Å². The quantitative estimate of drug-likeness (QED) is 0.502. The number of β-amino-alcohol motifs (C(OH)–C–C–N with tert-alkyl or cyclic N) is 1. The van der Waals surface area contributed by atoms with Gasteiger partial charge in [0.05, 0.1) is 29.1 Å². The first-order valence-corrected chi connectivity index (χ1v) is 10.2. The second kappa shape index (κ2) is 7.71. The van der Waals surface area contributed by atoms with Gasteiger partial charge in [0, 0.05) is 62.3 Å². The van der Waals surface area contributed by atoms with Gasteiger partial charge in [0.2, 0.25) is 5.78 Å². The lowest BCUT2D eigenvalue weighted by molar-refractivity contribution is 0.189.